The molecule has 0 aromatic carbocycles. The molecule has 1 fully saturated rings. The average molecular weight is 140 g/mol. The van der Waals surface area contributed by atoms with Crippen LogP contribution in [-0.2, 0) is 18.1 Å². The van der Waals surface area contributed by atoms with Gasteiger partial charge < -0.3 is 5.11 Å². The van der Waals surface area contributed by atoms with Gasteiger partial charge in [-0.15, -0.1) is 0 Å². The van der Waals surface area contributed by atoms with Gasteiger partial charge in [-0.3, -0.25) is 13.6 Å². The topological polar surface area (TPSA) is 65.0 Å². The van der Waals surface area contributed by atoms with Crippen molar-refractivity contribution < 1.29 is 23.2 Å². The van der Waals surface area contributed by atoms with Crippen LogP contribution in [0.25, 0.3) is 0 Å². The highest BCUT2D eigenvalue weighted by molar-refractivity contribution is 7.49. The summed E-state index contributed by atoms with van der Waals surface area (Å²) in [6, 6.07) is 0. The molecule has 1 saturated heterocycles. The van der Waals surface area contributed by atoms with Crippen molar-refractivity contribution in [3.05, 3.63) is 0 Å². The second-order valence-corrected chi connectivity index (χ2v) is 2.75. The Morgan fingerprint density at radius 3 is 2.50 bits per heavy atom. The van der Waals surface area contributed by atoms with Gasteiger partial charge in [-0.05, 0) is 0 Å². The zero-order valence-corrected chi connectivity index (χ0v) is 4.84. The molecule has 6 heteroatoms. The first-order valence-corrected chi connectivity index (χ1v) is 3.37. The molecule has 8 heavy (non-hydrogen) atoms. The lowest BCUT2D eigenvalue weighted by Gasteiger charge is -2.23. The Bertz CT molecular complexity index is 114. The summed E-state index contributed by atoms with van der Waals surface area (Å²) < 4.78 is 23.2. The van der Waals surface area contributed by atoms with Crippen molar-refractivity contribution in [2.75, 3.05) is 13.6 Å². The minimum absolute atomic E-state index is 0.0166. The summed E-state index contributed by atoms with van der Waals surface area (Å²) in [6.45, 7) is -0.658. The molecule has 1 aliphatic rings. The van der Waals surface area contributed by atoms with Gasteiger partial charge in [0, 0.05) is 0 Å². The molecule has 0 spiro atoms. The molecule has 0 aromatic heterocycles. The first kappa shape index (κ1) is 6.19. The van der Waals surface area contributed by atoms with Crippen LogP contribution in [0.4, 0.5) is 0 Å². The summed E-state index contributed by atoms with van der Waals surface area (Å²) in [4.78, 5) is 0. The normalized spacial score (nSPS) is 24.6. The monoisotopic (exact) mass is 140 g/mol. The van der Waals surface area contributed by atoms with Gasteiger partial charge in [-0.1, -0.05) is 0 Å². The van der Waals surface area contributed by atoms with Gasteiger partial charge in [0.25, 0.3) is 0 Å². The lowest BCUT2D eigenvalue weighted by molar-refractivity contribution is -0.0637. The Hall–Kier alpha value is 0.0700. The fraction of sp³-hybridized carbons (Fsp3) is 1.00. The Morgan fingerprint density at radius 1 is 1.75 bits per heavy atom. The molecule has 0 unspecified atom stereocenters. The quantitative estimate of drug-likeness (QED) is 0.434. The molecule has 0 amide bonds. The smallest absolute Gasteiger partial charge is 0.370 e. The average Bonchev–Trinajstić information content (AvgIpc) is 1.64. The highest BCUT2D eigenvalue weighted by Crippen LogP contribution is 2.56. The molecule has 0 radical (unpaired) electrons. The third kappa shape index (κ3) is 1.07. The van der Waals surface area contributed by atoms with Crippen LogP contribution in [0.1, 0.15) is 0 Å². The molecule has 0 aromatic rings. The number of rotatable bonds is 2. The van der Waals surface area contributed by atoms with Gasteiger partial charge in [0.2, 0.25) is 0 Å². The van der Waals surface area contributed by atoms with Crippen LogP contribution in [0.3, 0.4) is 0 Å². The van der Waals surface area contributed by atoms with Crippen LogP contribution in [-0.4, -0.2) is 18.7 Å². The number of aliphatic hydroxyl groups excluding tert-OH is 1. The van der Waals surface area contributed by atoms with Crippen molar-refractivity contribution in [3.63, 3.8) is 0 Å². The molecule has 1 N–H and O–H groups in total. The van der Waals surface area contributed by atoms with Crippen LogP contribution in [0.2, 0.25) is 0 Å². The summed E-state index contributed by atoms with van der Waals surface area (Å²) in [5.41, 5.74) is 0. The molecule has 48 valence electrons. The fourth-order valence-electron chi connectivity index (χ4n) is 0.284. The number of hydrogen-bond donors (Lipinski definition) is 1. The Labute approximate surface area is 45.8 Å². The maximum Gasteiger partial charge on any atom is 0.481 e. The Balaban J connectivity index is 2.31. The van der Waals surface area contributed by atoms with E-state index in [0.717, 1.165) is 0 Å². The third-order valence-corrected chi connectivity index (χ3v) is 1.91. The van der Waals surface area contributed by atoms with Gasteiger partial charge in [0.05, 0.1) is 0 Å². The zero-order valence-electron chi connectivity index (χ0n) is 3.94. The van der Waals surface area contributed by atoms with Crippen molar-refractivity contribution in [2.24, 2.45) is 0 Å². The Kier molecular flexibility index (Phi) is 1.65. The lowest BCUT2D eigenvalue weighted by Crippen LogP contribution is -2.12. The summed E-state index contributed by atoms with van der Waals surface area (Å²) in [6.07, 6.45) is 0. The lowest BCUT2D eigenvalue weighted by atomic mass is 11.5. The van der Waals surface area contributed by atoms with Gasteiger partial charge in [0.15, 0.2) is 13.6 Å². The summed E-state index contributed by atoms with van der Waals surface area (Å²) in [5.74, 6) is 0. The maximum absolute atomic E-state index is 10.4. The molecule has 0 aliphatic carbocycles. The fourth-order valence-corrected chi connectivity index (χ4v) is 0.852. The van der Waals surface area contributed by atoms with Crippen molar-refractivity contribution in [2.45, 2.75) is 0 Å². The van der Waals surface area contributed by atoms with E-state index in [9.17, 15) is 4.57 Å². The minimum atomic E-state index is -3.24. The summed E-state index contributed by atoms with van der Waals surface area (Å²) >= 11 is 0. The molecule has 1 aliphatic heterocycles. The van der Waals surface area contributed by atoms with E-state index in [4.69, 9.17) is 5.11 Å². The van der Waals surface area contributed by atoms with E-state index in [1.54, 1.807) is 0 Å². The van der Waals surface area contributed by atoms with E-state index in [0.29, 0.717) is 0 Å². The number of aliphatic hydroxyl groups is 1. The molecule has 0 bridgehead atoms. The molecular weight excluding hydrogens is 135 g/mol. The standard InChI is InChI=1S/C2H5O5P/c3-1-5-8(4)6-2-7-8/h3H,1-2H2. The molecule has 0 saturated carbocycles. The number of hydrogen-bond acceptors (Lipinski definition) is 5. The van der Waals surface area contributed by atoms with Gasteiger partial charge in [0.1, 0.15) is 0 Å². The predicted octanol–water partition coefficient (Wildman–Crippen LogP) is 0.0652. The SMILES string of the molecule is O=P1(OCO)OCO1. The van der Waals surface area contributed by atoms with Crippen molar-refractivity contribution in [1.82, 2.24) is 0 Å². The van der Waals surface area contributed by atoms with Crippen LogP contribution < -0.4 is 0 Å². The van der Waals surface area contributed by atoms with Crippen molar-refractivity contribution >= 4 is 7.82 Å². The molecular formula is C2H5O5P. The second kappa shape index (κ2) is 2.13. The number of phosphoric acid groups is 1. The highest BCUT2D eigenvalue weighted by Gasteiger charge is 2.35. The summed E-state index contributed by atoms with van der Waals surface area (Å²) in [7, 11) is -3.24. The van der Waals surface area contributed by atoms with E-state index in [1.807, 2.05) is 0 Å². The van der Waals surface area contributed by atoms with Gasteiger partial charge >= 0.3 is 7.82 Å². The van der Waals surface area contributed by atoms with E-state index in [2.05, 4.69) is 13.6 Å². The van der Waals surface area contributed by atoms with Crippen LogP contribution in [0.5, 0.6) is 0 Å². The zero-order chi connectivity index (χ0) is 6.04. The molecule has 1 heterocycles. The van der Waals surface area contributed by atoms with E-state index < -0.39 is 14.6 Å². The van der Waals surface area contributed by atoms with Crippen LogP contribution >= 0.6 is 7.82 Å². The molecule has 1 rings (SSSR count). The van der Waals surface area contributed by atoms with Crippen LogP contribution in [0, 0.1) is 0 Å². The van der Waals surface area contributed by atoms with E-state index in [1.165, 1.54) is 0 Å². The largest absolute Gasteiger partial charge is 0.481 e. The molecule has 0 atom stereocenters. The second-order valence-electron chi connectivity index (χ2n) is 1.08. The van der Waals surface area contributed by atoms with Crippen molar-refractivity contribution in [1.29, 1.82) is 0 Å². The predicted molar refractivity (Wildman–Crippen MR) is 22.8 cm³/mol. The summed E-state index contributed by atoms with van der Waals surface area (Å²) in [5, 5.41) is 8.01. The highest BCUT2D eigenvalue weighted by atomic mass is 31.2. The van der Waals surface area contributed by atoms with Gasteiger partial charge in [-0.2, -0.15) is 0 Å². The van der Waals surface area contributed by atoms with E-state index in [-0.39, 0.29) is 6.79 Å². The maximum atomic E-state index is 10.4. The number of phosphoric ester groups is 1. The molecule has 5 nitrogen and oxygen atoms in total. The Morgan fingerprint density at radius 2 is 2.38 bits per heavy atom. The third-order valence-electron chi connectivity index (χ3n) is 0.637. The first-order valence-electron chi connectivity index (χ1n) is 1.91. The minimum Gasteiger partial charge on any atom is -0.370 e. The van der Waals surface area contributed by atoms with Gasteiger partial charge in [-0.25, -0.2) is 4.57 Å². The van der Waals surface area contributed by atoms with E-state index >= 15 is 0 Å². The van der Waals surface area contributed by atoms with Crippen molar-refractivity contribution in [3.8, 4) is 0 Å². The van der Waals surface area contributed by atoms with Crippen LogP contribution in [0.15, 0.2) is 0 Å². The first-order chi connectivity index (χ1) is 3.77.